The molecule has 0 atom stereocenters. The van der Waals surface area contributed by atoms with Crippen LogP contribution < -0.4 is 20.9 Å². The Morgan fingerprint density at radius 1 is 0.648 bits per heavy atom. The molecule has 4 aromatic carbocycles. The van der Waals surface area contributed by atoms with Gasteiger partial charge in [0.2, 0.25) is 0 Å². The van der Waals surface area contributed by atoms with Crippen LogP contribution in [0.2, 0.25) is 0 Å². The number of alkyl halides is 3. The second-order valence-corrected chi connectivity index (χ2v) is 18.9. The molecule has 2 heterocycles. The number of esters is 1. The lowest BCUT2D eigenvalue weighted by Crippen LogP contribution is -2.29. The Kier molecular flexibility index (Phi) is 20.4. The first-order valence-electron chi connectivity index (χ1n) is 23.7. The summed E-state index contributed by atoms with van der Waals surface area (Å²) in [7, 11) is 0. The predicted molar refractivity (Wildman–Crippen MR) is 269 cm³/mol. The van der Waals surface area contributed by atoms with Crippen molar-refractivity contribution >= 4 is 46.8 Å². The third-order valence-electron chi connectivity index (χ3n) is 11.0. The number of carbonyl (C=O) groups excluding carboxylic acids is 4. The molecule has 1 saturated heterocycles. The van der Waals surface area contributed by atoms with Crippen molar-refractivity contribution in [1.29, 1.82) is 0 Å². The van der Waals surface area contributed by atoms with Crippen LogP contribution in [0.3, 0.4) is 0 Å². The van der Waals surface area contributed by atoms with Gasteiger partial charge in [-0.3, -0.25) is 24.2 Å². The highest BCUT2D eigenvalue weighted by Gasteiger charge is 2.30. The number of amides is 3. The number of halogens is 3. The summed E-state index contributed by atoms with van der Waals surface area (Å²) in [5.74, 6) is -0.0665. The van der Waals surface area contributed by atoms with Gasteiger partial charge in [-0.2, -0.15) is 24.9 Å². The fourth-order valence-corrected chi connectivity index (χ4v) is 8.51. The summed E-state index contributed by atoms with van der Waals surface area (Å²) in [5, 5.41) is 8.68. The molecule has 1 fully saturated rings. The monoisotopic (exact) mass is 997 g/mol. The maximum absolute atomic E-state index is 13.9. The molecule has 71 heavy (non-hydrogen) atoms. The van der Waals surface area contributed by atoms with E-state index in [0.717, 1.165) is 61.3 Å². The second-order valence-electron chi connectivity index (χ2n) is 17.9. The summed E-state index contributed by atoms with van der Waals surface area (Å²) in [6, 6.07) is 28.6. The van der Waals surface area contributed by atoms with Crippen LogP contribution in [0, 0.1) is 0 Å². The number of piperidine rings is 1. The lowest BCUT2D eigenvalue weighted by atomic mass is 10.0. The Hall–Kier alpha value is -6.27. The zero-order valence-corrected chi connectivity index (χ0v) is 41.2. The van der Waals surface area contributed by atoms with Gasteiger partial charge in [0.15, 0.2) is 0 Å². The maximum Gasteiger partial charge on any atom is 0.416 e. The van der Waals surface area contributed by atoms with Gasteiger partial charge in [0.05, 0.1) is 63.0 Å². The van der Waals surface area contributed by atoms with Crippen molar-refractivity contribution in [3.63, 3.8) is 0 Å². The van der Waals surface area contributed by atoms with Gasteiger partial charge >= 0.3 is 12.1 Å². The molecule has 6 rings (SSSR count). The predicted octanol–water partition coefficient (Wildman–Crippen LogP) is 9.88. The molecule has 0 bridgehead atoms. The van der Waals surface area contributed by atoms with E-state index in [0.29, 0.717) is 84.7 Å². The normalized spacial score (nSPS) is 12.8. The topological polar surface area (TPSA) is 157 Å². The highest BCUT2D eigenvalue weighted by atomic mass is 32.2. The number of anilines is 2. The summed E-state index contributed by atoms with van der Waals surface area (Å²) < 4.78 is 61.6. The number of hydrogen-bond acceptors (Lipinski definition) is 11. The molecule has 1 aliphatic rings. The van der Waals surface area contributed by atoms with Gasteiger partial charge in [-0.1, -0.05) is 36.4 Å². The van der Waals surface area contributed by atoms with E-state index < -0.39 is 23.2 Å². The largest absolute Gasteiger partial charge is 0.460 e. The quantitative estimate of drug-likeness (QED) is 0.0399. The summed E-state index contributed by atoms with van der Waals surface area (Å²) in [6.45, 7) is 9.51. The van der Waals surface area contributed by atoms with E-state index >= 15 is 0 Å². The third-order valence-corrected chi connectivity index (χ3v) is 12.1. The number of carbonyl (C=O) groups is 4. The van der Waals surface area contributed by atoms with Crippen molar-refractivity contribution in [3.8, 4) is 11.3 Å². The van der Waals surface area contributed by atoms with Crippen LogP contribution in [-0.2, 0) is 48.0 Å². The van der Waals surface area contributed by atoms with E-state index in [1.807, 2.05) is 75.4 Å². The van der Waals surface area contributed by atoms with E-state index in [9.17, 15) is 32.3 Å². The molecule has 0 radical (unpaired) electrons. The number of benzene rings is 4. The average Bonchev–Trinajstić information content (AvgIpc) is 3.35. The van der Waals surface area contributed by atoms with Gasteiger partial charge in [-0.05, 0) is 123 Å². The SMILES string of the molecule is CC(C)(C)OC(=O)CCOCCOCCOCCNC(=O)c1cccc(CSCc2cccc(C(=O)Nc3ccc(N4CCCCC4)cc3-c3cc(C(=O)NCc4cccc(C(F)(F)F)c4)ccn3)c2)c1. The average molecular weight is 998 g/mol. The van der Waals surface area contributed by atoms with E-state index in [1.165, 1.54) is 24.4 Å². The van der Waals surface area contributed by atoms with Crippen LogP contribution in [0.25, 0.3) is 11.3 Å². The number of nitrogens with one attached hydrogen (secondary N) is 3. The van der Waals surface area contributed by atoms with Crippen molar-refractivity contribution in [2.24, 2.45) is 0 Å². The van der Waals surface area contributed by atoms with Crippen LogP contribution in [0.4, 0.5) is 24.5 Å². The van der Waals surface area contributed by atoms with E-state index in [4.69, 9.17) is 18.9 Å². The van der Waals surface area contributed by atoms with Gasteiger partial charge in [0, 0.05) is 71.8 Å². The standard InChI is InChI=1S/C54H62F3N5O8S/c1-53(2,3)70-49(63)19-24-67-26-28-69-29-27-68-25-21-59-50(64)41-13-7-11-39(30-41)36-71-37-40-12-8-14-42(31-40)52(66)61-47-17-16-45(62-22-5-4-6-23-62)34-46(47)48-33-43(18-20-58-48)51(65)60-35-38-10-9-15-44(32-38)54(55,56)57/h7-18,20,30-34H,4-6,19,21-29,35-37H2,1-3H3,(H,59,64)(H,60,65)(H,61,66). The molecule has 13 nitrogen and oxygen atoms in total. The molecule has 0 aliphatic carbocycles. The number of aromatic nitrogens is 1. The Bertz CT molecular complexity index is 2570. The first-order chi connectivity index (χ1) is 34.1. The van der Waals surface area contributed by atoms with Crippen molar-refractivity contribution in [2.75, 3.05) is 69.5 Å². The Labute approximate surface area is 417 Å². The summed E-state index contributed by atoms with van der Waals surface area (Å²) in [5.41, 5.74) is 4.69. The molecule has 1 aliphatic heterocycles. The molecule has 0 unspecified atom stereocenters. The molecule has 0 spiro atoms. The third kappa shape index (κ3) is 18.1. The highest BCUT2D eigenvalue weighted by Crippen LogP contribution is 2.34. The fraction of sp³-hybridized carbons (Fsp3) is 0.389. The minimum Gasteiger partial charge on any atom is -0.460 e. The number of thioether (sulfide) groups is 1. The summed E-state index contributed by atoms with van der Waals surface area (Å²) in [6.07, 6.45) is 0.449. The van der Waals surface area contributed by atoms with E-state index in [2.05, 4.69) is 25.8 Å². The zero-order chi connectivity index (χ0) is 50.6. The number of ether oxygens (including phenoxy) is 4. The number of hydrogen-bond donors (Lipinski definition) is 3. The minimum absolute atomic E-state index is 0.104. The van der Waals surface area contributed by atoms with Gasteiger partial charge in [-0.15, -0.1) is 0 Å². The zero-order valence-electron chi connectivity index (χ0n) is 40.4. The fourth-order valence-electron chi connectivity index (χ4n) is 7.58. The smallest absolute Gasteiger partial charge is 0.416 e. The lowest BCUT2D eigenvalue weighted by molar-refractivity contribution is -0.156. The lowest BCUT2D eigenvalue weighted by Gasteiger charge is -2.29. The number of pyridine rings is 1. The van der Waals surface area contributed by atoms with Crippen molar-refractivity contribution < 1.29 is 51.3 Å². The highest BCUT2D eigenvalue weighted by molar-refractivity contribution is 7.97. The molecule has 5 aromatic rings. The number of nitrogens with zero attached hydrogens (tertiary/aromatic N) is 2. The molecule has 378 valence electrons. The van der Waals surface area contributed by atoms with Crippen LogP contribution in [0.1, 0.15) is 99.8 Å². The molecule has 3 N–H and O–H groups in total. The van der Waals surface area contributed by atoms with Gasteiger partial charge in [0.1, 0.15) is 5.60 Å². The van der Waals surface area contributed by atoms with Crippen molar-refractivity contribution in [2.45, 2.75) is 76.3 Å². The van der Waals surface area contributed by atoms with E-state index in [1.54, 1.807) is 30.0 Å². The minimum atomic E-state index is -4.50. The Morgan fingerprint density at radius 2 is 1.25 bits per heavy atom. The molecule has 17 heteroatoms. The van der Waals surface area contributed by atoms with Crippen LogP contribution >= 0.6 is 11.8 Å². The van der Waals surface area contributed by atoms with Crippen LogP contribution in [0.15, 0.2) is 109 Å². The maximum atomic E-state index is 13.9. The van der Waals surface area contributed by atoms with Gasteiger partial charge < -0.3 is 39.8 Å². The Morgan fingerprint density at radius 3 is 1.93 bits per heavy atom. The molecule has 3 amide bonds. The summed E-state index contributed by atoms with van der Waals surface area (Å²) in [4.78, 5) is 58.7. The van der Waals surface area contributed by atoms with Crippen LogP contribution in [-0.4, -0.2) is 93.6 Å². The first kappa shape index (κ1) is 54.1. The molecular weight excluding hydrogens is 936 g/mol. The van der Waals surface area contributed by atoms with Gasteiger partial charge in [0.25, 0.3) is 17.7 Å². The summed E-state index contributed by atoms with van der Waals surface area (Å²) >= 11 is 1.65. The van der Waals surface area contributed by atoms with Crippen molar-refractivity contribution in [1.82, 2.24) is 15.6 Å². The van der Waals surface area contributed by atoms with Crippen LogP contribution in [0.5, 0.6) is 0 Å². The van der Waals surface area contributed by atoms with Gasteiger partial charge in [-0.25, -0.2) is 0 Å². The first-order valence-corrected chi connectivity index (χ1v) is 24.9. The molecule has 0 saturated carbocycles. The Balaban J connectivity index is 0.973. The van der Waals surface area contributed by atoms with E-state index in [-0.39, 0.29) is 42.9 Å². The second kappa shape index (κ2) is 26.8. The van der Waals surface area contributed by atoms with Crippen molar-refractivity contribution in [3.05, 3.63) is 148 Å². The number of rotatable bonds is 24. The molecular formula is C54H62F3N5O8S. The molecule has 1 aromatic heterocycles.